The van der Waals surface area contributed by atoms with Crippen LogP contribution in [0.25, 0.3) is 0 Å². The Morgan fingerprint density at radius 1 is 1.26 bits per heavy atom. The van der Waals surface area contributed by atoms with E-state index in [1.165, 1.54) is 16.7 Å². The van der Waals surface area contributed by atoms with Crippen molar-refractivity contribution in [3.8, 4) is 0 Å². The van der Waals surface area contributed by atoms with Crippen LogP contribution in [0.5, 0.6) is 0 Å². The molecule has 126 valence electrons. The predicted molar refractivity (Wildman–Crippen MR) is 91.6 cm³/mol. The van der Waals surface area contributed by atoms with E-state index in [-0.39, 0.29) is 6.09 Å². The fraction of sp³-hybridized carbons (Fsp3) is 0.632. The normalized spacial score (nSPS) is 21.6. The van der Waals surface area contributed by atoms with Crippen LogP contribution < -0.4 is 0 Å². The van der Waals surface area contributed by atoms with Crippen LogP contribution in [0, 0.1) is 0 Å². The van der Waals surface area contributed by atoms with Crippen molar-refractivity contribution in [2.45, 2.75) is 52.2 Å². The van der Waals surface area contributed by atoms with Crippen LogP contribution in [0.3, 0.4) is 0 Å². The lowest BCUT2D eigenvalue weighted by Crippen LogP contribution is -2.53. The van der Waals surface area contributed by atoms with Crippen molar-refractivity contribution in [1.29, 1.82) is 0 Å². The molecular weight excluding hydrogens is 288 g/mol. The molecule has 4 heteroatoms. The van der Waals surface area contributed by atoms with Gasteiger partial charge in [0.15, 0.2) is 0 Å². The molecule has 3 rings (SSSR count). The number of benzene rings is 1. The first-order chi connectivity index (χ1) is 10.9. The number of amides is 1. The first-order valence-corrected chi connectivity index (χ1v) is 8.71. The SMILES string of the molecule is CCc1ccc2c(c1)CCN1CCN(C(=O)OC(C)(C)C)C[C@@H]21. The minimum Gasteiger partial charge on any atom is -0.444 e. The van der Waals surface area contributed by atoms with E-state index in [1.807, 2.05) is 25.7 Å². The number of carbonyl (C=O) groups excluding carboxylic acids is 1. The van der Waals surface area contributed by atoms with Gasteiger partial charge in [0.25, 0.3) is 0 Å². The van der Waals surface area contributed by atoms with Gasteiger partial charge in [0.2, 0.25) is 0 Å². The summed E-state index contributed by atoms with van der Waals surface area (Å²) in [7, 11) is 0. The Balaban J connectivity index is 1.78. The number of piperazine rings is 1. The van der Waals surface area contributed by atoms with Crippen LogP contribution in [0.2, 0.25) is 0 Å². The van der Waals surface area contributed by atoms with Crippen molar-refractivity contribution < 1.29 is 9.53 Å². The molecule has 2 aliphatic heterocycles. The highest BCUT2D eigenvalue weighted by Crippen LogP contribution is 2.33. The summed E-state index contributed by atoms with van der Waals surface area (Å²) in [6.45, 7) is 11.5. The summed E-state index contributed by atoms with van der Waals surface area (Å²) >= 11 is 0. The molecule has 2 heterocycles. The summed E-state index contributed by atoms with van der Waals surface area (Å²) in [5.74, 6) is 0. The average Bonchev–Trinajstić information content (AvgIpc) is 2.52. The Morgan fingerprint density at radius 3 is 2.74 bits per heavy atom. The number of ether oxygens (including phenoxy) is 1. The van der Waals surface area contributed by atoms with E-state index < -0.39 is 5.60 Å². The van der Waals surface area contributed by atoms with E-state index in [4.69, 9.17) is 4.74 Å². The van der Waals surface area contributed by atoms with Gasteiger partial charge >= 0.3 is 6.09 Å². The van der Waals surface area contributed by atoms with E-state index in [9.17, 15) is 4.79 Å². The van der Waals surface area contributed by atoms with E-state index >= 15 is 0 Å². The van der Waals surface area contributed by atoms with Crippen LogP contribution >= 0.6 is 0 Å². The van der Waals surface area contributed by atoms with Gasteiger partial charge in [-0.25, -0.2) is 4.79 Å². The molecule has 1 aromatic rings. The zero-order chi connectivity index (χ0) is 16.6. The Bertz CT molecular complexity index is 592. The van der Waals surface area contributed by atoms with Crippen molar-refractivity contribution in [2.75, 3.05) is 26.2 Å². The van der Waals surface area contributed by atoms with Crippen molar-refractivity contribution >= 4 is 6.09 Å². The third-order valence-electron chi connectivity index (χ3n) is 4.79. The molecule has 0 bridgehead atoms. The number of aryl methyl sites for hydroxylation is 1. The topological polar surface area (TPSA) is 32.8 Å². The maximum absolute atomic E-state index is 12.4. The standard InChI is InChI=1S/C19H28N2O2/c1-5-14-6-7-16-15(12-14)8-9-20-10-11-21(13-17(16)20)18(22)23-19(2,3)4/h6-7,12,17H,5,8-11,13H2,1-4H3/t17-/m0/s1. The van der Waals surface area contributed by atoms with Gasteiger partial charge in [-0.2, -0.15) is 0 Å². The zero-order valence-electron chi connectivity index (χ0n) is 14.8. The summed E-state index contributed by atoms with van der Waals surface area (Å²) in [4.78, 5) is 16.8. The molecule has 23 heavy (non-hydrogen) atoms. The van der Waals surface area contributed by atoms with Crippen LogP contribution in [-0.4, -0.2) is 47.7 Å². The second-order valence-electron chi connectivity index (χ2n) is 7.61. The average molecular weight is 316 g/mol. The van der Waals surface area contributed by atoms with Gasteiger partial charge in [0.05, 0.1) is 6.04 Å². The van der Waals surface area contributed by atoms with Crippen molar-refractivity contribution in [3.05, 3.63) is 34.9 Å². The third kappa shape index (κ3) is 3.52. The molecule has 1 atom stereocenters. The molecule has 0 saturated carbocycles. The fourth-order valence-electron chi connectivity index (χ4n) is 3.56. The molecular formula is C19H28N2O2. The van der Waals surface area contributed by atoms with Gasteiger partial charge in [-0.05, 0) is 50.3 Å². The first kappa shape index (κ1) is 16.3. The van der Waals surface area contributed by atoms with Crippen molar-refractivity contribution in [3.63, 3.8) is 0 Å². The lowest BCUT2D eigenvalue weighted by atomic mass is 9.89. The molecule has 1 aromatic carbocycles. The molecule has 0 spiro atoms. The number of fused-ring (bicyclic) bond motifs is 3. The monoisotopic (exact) mass is 316 g/mol. The minimum atomic E-state index is -0.436. The lowest BCUT2D eigenvalue weighted by Gasteiger charge is -2.45. The van der Waals surface area contributed by atoms with E-state index in [0.29, 0.717) is 6.04 Å². The quantitative estimate of drug-likeness (QED) is 0.796. The molecule has 1 fully saturated rings. The summed E-state index contributed by atoms with van der Waals surface area (Å²) in [6, 6.07) is 7.16. The van der Waals surface area contributed by atoms with Gasteiger partial charge in [-0.15, -0.1) is 0 Å². The highest BCUT2D eigenvalue weighted by Gasteiger charge is 2.35. The van der Waals surface area contributed by atoms with E-state index in [2.05, 4.69) is 30.0 Å². The number of carbonyl (C=O) groups is 1. The highest BCUT2D eigenvalue weighted by molar-refractivity contribution is 5.68. The first-order valence-electron chi connectivity index (χ1n) is 8.71. The molecule has 0 aliphatic carbocycles. The summed E-state index contributed by atoms with van der Waals surface area (Å²) in [6.07, 6.45) is 2.01. The second kappa shape index (κ2) is 6.16. The number of hydrogen-bond donors (Lipinski definition) is 0. The van der Waals surface area contributed by atoms with Crippen molar-refractivity contribution in [1.82, 2.24) is 9.80 Å². The van der Waals surface area contributed by atoms with Gasteiger partial charge in [-0.3, -0.25) is 4.90 Å². The van der Waals surface area contributed by atoms with Gasteiger partial charge in [0, 0.05) is 26.2 Å². The number of nitrogens with zero attached hydrogens (tertiary/aromatic N) is 2. The van der Waals surface area contributed by atoms with E-state index in [0.717, 1.165) is 39.0 Å². The number of hydrogen-bond acceptors (Lipinski definition) is 3. The molecule has 0 unspecified atom stereocenters. The molecule has 0 radical (unpaired) electrons. The van der Waals surface area contributed by atoms with Crippen LogP contribution in [0.15, 0.2) is 18.2 Å². The van der Waals surface area contributed by atoms with Crippen molar-refractivity contribution in [2.24, 2.45) is 0 Å². The van der Waals surface area contributed by atoms with E-state index in [1.54, 1.807) is 0 Å². The smallest absolute Gasteiger partial charge is 0.410 e. The van der Waals surface area contributed by atoms with Gasteiger partial charge in [-0.1, -0.05) is 25.1 Å². The third-order valence-corrected chi connectivity index (χ3v) is 4.79. The van der Waals surface area contributed by atoms with Gasteiger partial charge in [0.1, 0.15) is 5.60 Å². The summed E-state index contributed by atoms with van der Waals surface area (Å²) < 4.78 is 5.55. The molecule has 1 saturated heterocycles. The maximum Gasteiger partial charge on any atom is 0.410 e. The molecule has 0 aromatic heterocycles. The maximum atomic E-state index is 12.4. The zero-order valence-corrected chi connectivity index (χ0v) is 14.8. The molecule has 0 N–H and O–H groups in total. The highest BCUT2D eigenvalue weighted by atomic mass is 16.6. The summed E-state index contributed by atoms with van der Waals surface area (Å²) in [5, 5.41) is 0. The lowest BCUT2D eigenvalue weighted by molar-refractivity contribution is 0.00193. The Hall–Kier alpha value is -1.55. The molecule has 4 nitrogen and oxygen atoms in total. The second-order valence-corrected chi connectivity index (χ2v) is 7.61. The van der Waals surface area contributed by atoms with Crippen LogP contribution in [0.1, 0.15) is 50.4 Å². The largest absolute Gasteiger partial charge is 0.444 e. The predicted octanol–water partition coefficient (Wildman–Crippen LogP) is 3.40. The van der Waals surface area contributed by atoms with Crippen LogP contribution in [-0.2, 0) is 17.6 Å². The Kier molecular flexibility index (Phi) is 4.37. The number of rotatable bonds is 1. The Morgan fingerprint density at radius 2 is 2.04 bits per heavy atom. The Labute approximate surface area is 139 Å². The van der Waals surface area contributed by atoms with Gasteiger partial charge < -0.3 is 9.64 Å². The fourth-order valence-corrected chi connectivity index (χ4v) is 3.56. The molecule has 2 aliphatic rings. The summed E-state index contributed by atoms with van der Waals surface area (Å²) in [5.41, 5.74) is 3.81. The van der Waals surface area contributed by atoms with Crippen LogP contribution in [0.4, 0.5) is 4.79 Å². The minimum absolute atomic E-state index is 0.186. The molecule has 1 amide bonds.